The van der Waals surface area contributed by atoms with Crippen LogP contribution in [0.15, 0.2) is 24.3 Å². The van der Waals surface area contributed by atoms with Gasteiger partial charge in [0.25, 0.3) is 0 Å². The van der Waals surface area contributed by atoms with Gasteiger partial charge in [-0.05, 0) is 49.8 Å². The molecule has 0 aliphatic heterocycles. The van der Waals surface area contributed by atoms with Gasteiger partial charge in [-0.3, -0.25) is 4.79 Å². The van der Waals surface area contributed by atoms with Crippen LogP contribution in [0.2, 0.25) is 0 Å². The third-order valence-electron chi connectivity index (χ3n) is 3.15. The minimum atomic E-state index is -0.397. The maximum absolute atomic E-state index is 11.9. The molecule has 1 aromatic carbocycles. The molecule has 0 bridgehead atoms. The quantitative estimate of drug-likeness (QED) is 0.813. The number of benzene rings is 1. The van der Waals surface area contributed by atoms with Gasteiger partial charge in [0.2, 0.25) is 5.91 Å². The molecular weight excluding hydrogens is 292 g/mol. The van der Waals surface area contributed by atoms with Crippen molar-refractivity contribution in [2.45, 2.75) is 38.8 Å². The molecule has 1 amide bonds. The van der Waals surface area contributed by atoms with E-state index in [9.17, 15) is 4.79 Å². The number of rotatable bonds is 7. The predicted molar refractivity (Wildman–Crippen MR) is 90.7 cm³/mol. The van der Waals surface area contributed by atoms with E-state index in [4.69, 9.17) is 5.73 Å². The molecule has 3 N–H and O–H groups in total. The summed E-state index contributed by atoms with van der Waals surface area (Å²) in [7, 11) is 0. The van der Waals surface area contributed by atoms with E-state index in [1.165, 1.54) is 11.1 Å². The second kappa shape index (κ2) is 10.1. The van der Waals surface area contributed by atoms with Gasteiger partial charge in [-0.25, -0.2) is 0 Å². The van der Waals surface area contributed by atoms with Gasteiger partial charge in [-0.1, -0.05) is 24.3 Å². The van der Waals surface area contributed by atoms with Gasteiger partial charge in [-0.2, -0.15) is 11.8 Å². The van der Waals surface area contributed by atoms with Gasteiger partial charge in [0.1, 0.15) is 0 Å². The second-order valence-corrected chi connectivity index (χ2v) is 5.91. The number of carbonyl (C=O) groups is 1. The van der Waals surface area contributed by atoms with E-state index in [2.05, 4.69) is 24.4 Å². The molecule has 0 spiro atoms. The van der Waals surface area contributed by atoms with Gasteiger partial charge in [0.05, 0.1) is 6.04 Å². The molecule has 1 rings (SSSR count). The Labute approximate surface area is 132 Å². The third kappa shape index (κ3) is 6.64. The van der Waals surface area contributed by atoms with Crippen LogP contribution >= 0.6 is 24.2 Å². The van der Waals surface area contributed by atoms with Crippen LogP contribution in [0.4, 0.5) is 0 Å². The number of thioether (sulfide) groups is 1. The van der Waals surface area contributed by atoms with Crippen molar-refractivity contribution in [2.75, 3.05) is 12.0 Å². The summed E-state index contributed by atoms with van der Waals surface area (Å²) in [5, 5.41) is 2.99. The SMILES string of the molecule is CSCC[C@H](N)C(=O)NC(C)Cc1ccccc1C.Cl. The summed E-state index contributed by atoms with van der Waals surface area (Å²) < 4.78 is 0. The summed E-state index contributed by atoms with van der Waals surface area (Å²) in [6, 6.07) is 7.96. The van der Waals surface area contributed by atoms with Gasteiger partial charge < -0.3 is 11.1 Å². The van der Waals surface area contributed by atoms with Crippen LogP contribution in [0.25, 0.3) is 0 Å². The zero-order valence-corrected chi connectivity index (χ0v) is 14.0. The summed E-state index contributed by atoms with van der Waals surface area (Å²) in [6.45, 7) is 4.11. The first-order valence-corrected chi connectivity index (χ1v) is 8.03. The standard InChI is InChI=1S/C15H24N2OS.ClH/c1-11-6-4-5-7-13(11)10-12(2)17-15(18)14(16)8-9-19-3;/h4-7,12,14H,8-10,16H2,1-3H3,(H,17,18);1H/t12?,14-;/m0./s1. The Morgan fingerprint density at radius 3 is 2.65 bits per heavy atom. The first-order chi connectivity index (χ1) is 9.04. The summed E-state index contributed by atoms with van der Waals surface area (Å²) >= 11 is 1.71. The number of aryl methyl sites for hydroxylation is 1. The highest BCUT2D eigenvalue weighted by Gasteiger charge is 2.15. The Morgan fingerprint density at radius 1 is 1.40 bits per heavy atom. The zero-order valence-electron chi connectivity index (χ0n) is 12.4. The third-order valence-corrected chi connectivity index (χ3v) is 3.79. The Kier molecular flexibility index (Phi) is 9.72. The number of nitrogens with two attached hydrogens (primary N) is 1. The average Bonchev–Trinajstić information content (AvgIpc) is 2.38. The lowest BCUT2D eigenvalue weighted by molar-refractivity contribution is -0.122. The van der Waals surface area contributed by atoms with Gasteiger partial charge in [-0.15, -0.1) is 12.4 Å². The molecule has 0 saturated carbocycles. The van der Waals surface area contributed by atoms with E-state index in [-0.39, 0.29) is 24.4 Å². The van der Waals surface area contributed by atoms with Crippen molar-refractivity contribution in [3.05, 3.63) is 35.4 Å². The Balaban J connectivity index is 0.00000361. The lowest BCUT2D eigenvalue weighted by Crippen LogP contribution is -2.45. The topological polar surface area (TPSA) is 55.1 Å². The van der Waals surface area contributed by atoms with Crippen molar-refractivity contribution in [1.29, 1.82) is 0 Å². The van der Waals surface area contributed by atoms with E-state index in [1.54, 1.807) is 11.8 Å². The van der Waals surface area contributed by atoms with Crippen molar-refractivity contribution >= 4 is 30.1 Å². The smallest absolute Gasteiger partial charge is 0.237 e. The molecule has 0 radical (unpaired) electrons. The molecule has 0 saturated heterocycles. The molecule has 5 heteroatoms. The van der Waals surface area contributed by atoms with E-state index >= 15 is 0 Å². The number of carbonyl (C=O) groups excluding carboxylic acids is 1. The highest BCUT2D eigenvalue weighted by molar-refractivity contribution is 7.98. The fourth-order valence-corrected chi connectivity index (χ4v) is 2.44. The van der Waals surface area contributed by atoms with Crippen LogP contribution in [0, 0.1) is 6.92 Å². The average molecular weight is 317 g/mol. The molecule has 0 fully saturated rings. The van der Waals surface area contributed by atoms with Crippen LogP contribution in [-0.4, -0.2) is 30.0 Å². The summed E-state index contributed by atoms with van der Waals surface area (Å²) in [5.74, 6) is 0.871. The van der Waals surface area contributed by atoms with Gasteiger partial charge >= 0.3 is 0 Å². The number of hydrogen-bond acceptors (Lipinski definition) is 3. The maximum Gasteiger partial charge on any atom is 0.237 e. The van der Waals surface area contributed by atoms with E-state index in [0.717, 1.165) is 18.6 Å². The molecule has 1 aromatic rings. The van der Waals surface area contributed by atoms with Crippen molar-refractivity contribution in [3.63, 3.8) is 0 Å². The summed E-state index contributed by atoms with van der Waals surface area (Å²) in [6.07, 6.45) is 3.59. The normalized spacial score (nSPS) is 13.2. The molecule has 114 valence electrons. The van der Waals surface area contributed by atoms with E-state index in [1.807, 2.05) is 25.3 Å². The van der Waals surface area contributed by atoms with E-state index in [0.29, 0.717) is 0 Å². The van der Waals surface area contributed by atoms with Crippen molar-refractivity contribution in [1.82, 2.24) is 5.32 Å². The fraction of sp³-hybridized carbons (Fsp3) is 0.533. The number of amides is 1. The highest BCUT2D eigenvalue weighted by Crippen LogP contribution is 2.09. The first-order valence-electron chi connectivity index (χ1n) is 6.64. The lowest BCUT2D eigenvalue weighted by atomic mass is 10.0. The first kappa shape index (κ1) is 19.3. The Morgan fingerprint density at radius 2 is 2.05 bits per heavy atom. The predicted octanol–water partition coefficient (Wildman–Crippen LogP) is 2.54. The van der Waals surface area contributed by atoms with Crippen LogP contribution < -0.4 is 11.1 Å². The molecule has 20 heavy (non-hydrogen) atoms. The summed E-state index contributed by atoms with van der Waals surface area (Å²) in [5.41, 5.74) is 8.38. The monoisotopic (exact) mass is 316 g/mol. The molecule has 0 aliphatic carbocycles. The van der Waals surface area contributed by atoms with Crippen LogP contribution in [0.3, 0.4) is 0 Å². The Bertz CT molecular complexity index is 415. The van der Waals surface area contributed by atoms with E-state index < -0.39 is 6.04 Å². The lowest BCUT2D eigenvalue weighted by Gasteiger charge is -2.18. The molecular formula is C15H25ClN2OS. The minimum absolute atomic E-state index is 0. The van der Waals surface area contributed by atoms with Crippen molar-refractivity contribution in [2.24, 2.45) is 5.73 Å². The Hall–Kier alpha value is -0.710. The van der Waals surface area contributed by atoms with Crippen LogP contribution in [0.1, 0.15) is 24.5 Å². The highest BCUT2D eigenvalue weighted by atomic mass is 35.5. The van der Waals surface area contributed by atoms with Crippen molar-refractivity contribution < 1.29 is 4.79 Å². The number of hydrogen-bond donors (Lipinski definition) is 2. The number of halogens is 1. The second-order valence-electron chi connectivity index (χ2n) is 4.93. The maximum atomic E-state index is 11.9. The van der Waals surface area contributed by atoms with Crippen LogP contribution in [-0.2, 0) is 11.2 Å². The van der Waals surface area contributed by atoms with Gasteiger partial charge in [0.15, 0.2) is 0 Å². The largest absolute Gasteiger partial charge is 0.352 e. The fourth-order valence-electron chi connectivity index (χ4n) is 1.95. The van der Waals surface area contributed by atoms with Crippen molar-refractivity contribution in [3.8, 4) is 0 Å². The molecule has 3 nitrogen and oxygen atoms in total. The molecule has 0 heterocycles. The number of nitrogens with one attached hydrogen (secondary N) is 1. The molecule has 2 atom stereocenters. The van der Waals surface area contributed by atoms with Gasteiger partial charge in [0, 0.05) is 6.04 Å². The van der Waals surface area contributed by atoms with Crippen LogP contribution in [0.5, 0.6) is 0 Å². The molecule has 0 aromatic heterocycles. The zero-order chi connectivity index (χ0) is 14.3. The molecule has 0 aliphatic rings. The minimum Gasteiger partial charge on any atom is -0.352 e. The molecule has 1 unspecified atom stereocenters. The summed E-state index contributed by atoms with van der Waals surface area (Å²) in [4.78, 5) is 11.9.